The molecule has 124 valence electrons. The maximum atomic E-state index is 10.1. The van der Waals surface area contributed by atoms with Gasteiger partial charge in [0.25, 0.3) is 0 Å². The zero-order chi connectivity index (χ0) is 15.5. The SMILES string of the molecule is CC[C@H]1CCC2C3CC=C4C[C@@H](O)CCC4(C)C3CC[C@@]21C. The molecule has 0 radical (unpaired) electrons. The largest absolute Gasteiger partial charge is 0.393 e. The van der Waals surface area contributed by atoms with Crippen molar-refractivity contribution in [3.63, 3.8) is 0 Å². The zero-order valence-electron chi connectivity index (χ0n) is 14.8. The summed E-state index contributed by atoms with van der Waals surface area (Å²) in [5, 5.41) is 10.1. The fourth-order valence-electron chi connectivity index (χ4n) is 7.42. The average molecular weight is 303 g/mol. The normalized spacial score (nSPS) is 54.2. The number of hydrogen-bond donors (Lipinski definition) is 1. The molecule has 3 saturated carbocycles. The Morgan fingerprint density at radius 3 is 2.68 bits per heavy atom. The van der Waals surface area contributed by atoms with Crippen molar-refractivity contribution >= 4 is 0 Å². The molecule has 0 aliphatic heterocycles. The first-order chi connectivity index (χ1) is 10.5. The zero-order valence-corrected chi connectivity index (χ0v) is 14.8. The summed E-state index contributed by atoms with van der Waals surface area (Å²) in [6.07, 6.45) is 14.3. The number of hydrogen-bond acceptors (Lipinski definition) is 1. The number of rotatable bonds is 1. The van der Waals surface area contributed by atoms with Crippen LogP contribution in [0.3, 0.4) is 0 Å². The lowest BCUT2D eigenvalue weighted by Crippen LogP contribution is -2.50. The summed E-state index contributed by atoms with van der Waals surface area (Å²) < 4.78 is 0. The van der Waals surface area contributed by atoms with Crippen LogP contribution in [0.15, 0.2) is 11.6 Å². The van der Waals surface area contributed by atoms with Gasteiger partial charge in [-0.1, -0.05) is 38.8 Å². The van der Waals surface area contributed by atoms with Gasteiger partial charge in [0.2, 0.25) is 0 Å². The Labute approximate surface area is 136 Å². The summed E-state index contributed by atoms with van der Waals surface area (Å²) in [4.78, 5) is 0. The predicted octanol–water partition coefficient (Wildman–Crippen LogP) is 5.34. The van der Waals surface area contributed by atoms with Gasteiger partial charge in [0.15, 0.2) is 0 Å². The highest BCUT2D eigenvalue weighted by Gasteiger charge is 2.57. The second-order valence-corrected chi connectivity index (χ2v) is 9.38. The van der Waals surface area contributed by atoms with E-state index in [2.05, 4.69) is 26.8 Å². The molecule has 0 aromatic carbocycles. The van der Waals surface area contributed by atoms with Crippen LogP contribution in [0.5, 0.6) is 0 Å². The van der Waals surface area contributed by atoms with E-state index in [-0.39, 0.29) is 6.10 Å². The van der Waals surface area contributed by atoms with Gasteiger partial charge in [-0.05, 0) is 85.9 Å². The van der Waals surface area contributed by atoms with Gasteiger partial charge in [-0.3, -0.25) is 0 Å². The maximum absolute atomic E-state index is 10.1. The van der Waals surface area contributed by atoms with Crippen LogP contribution in [-0.4, -0.2) is 11.2 Å². The Hall–Kier alpha value is -0.300. The van der Waals surface area contributed by atoms with E-state index in [4.69, 9.17) is 0 Å². The molecule has 4 rings (SSSR count). The lowest BCUT2D eigenvalue weighted by Gasteiger charge is -2.58. The number of allylic oxidation sites excluding steroid dienone is 1. The molecule has 0 saturated heterocycles. The van der Waals surface area contributed by atoms with Gasteiger partial charge in [0, 0.05) is 0 Å². The fraction of sp³-hybridized carbons (Fsp3) is 0.905. The molecule has 7 atom stereocenters. The minimum absolute atomic E-state index is 0.0688. The van der Waals surface area contributed by atoms with E-state index >= 15 is 0 Å². The van der Waals surface area contributed by atoms with Gasteiger partial charge in [0.05, 0.1) is 6.10 Å². The molecule has 0 aromatic heterocycles. The monoisotopic (exact) mass is 302 g/mol. The molecular weight excluding hydrogens is 268 g/mol. The van der Waals surface area contributed by atoms with Crippen molar-refractivity contribution in [3.05, 3.63) is 11.6 Å². The molecule has 1 N–H and O–H groups in total. The van der Waals surface area contributed by atoms with Crippen LogP contribution in [-0.2, 0) is 0 Å². The van der Waals surface area contributed by atoms with Crippen LogP contribution in [0, 0.1) is 34.5 Å². The third-order valence-corrected chi connectivity index (χ3v) is 8.77. The molecular formula is C21H34O. The minimum Gasteiger partial charge on any atom is -0.393 e. The van der Waals surface area contributed by atoms with E-state index in [9.17, 15) is 5.11 Å². The van der Waals surface area contributed by atoms with Crippen molar-refractivity contribution in [1.82, 2.24) is 0 Å². The molecule has 1 heteroatoms. The summed E-state index contributed by atoms with van der Waals surface area (Å²) in [7, 11) is 0. The van der Waals surface area contributed by atoms with Crippen molar-refractivity contribution in [2.75, 3.05) is 0 Å². The van der Waals surface area contributed by atoms with Gasteiger partial charge >= 0.3 is 0 Å². The van der Waals surface area contributed by atoms with Crippen LogP contribution in [0.1, 0.15) is 78.6 Å². The first-order valence-corrected chi connectivity index (χ1v) is 9.86. The van der Waals surface area contributed by atoms with Crippen molar-refractivity contribution in [1.29, 1.82) is 0 Å². The molecule has 0 spiro atoms. The molecule has 0 bridgehead atoms. The van der Waals surface area contributed by atoms with E-state index in [1.807, 2.05) is 0 Å². The van der Waals surface area contributed by atoms with Gasteiger partial charge in [0.1, 0.15) is 0 Å². The quantitative estimate of drug-likeness (QED) is 0.648. The Balaban J connectivity index is 1.66. The van der Waals surface area contributed by atoms with E-state index in [0.29, 0.717) is 10.8 Å². The number of aliphatic hydroxyl groups excluding tert-OH is 1. The molecule has 4 aliphatic rings. The molecule has 22 heavy (non-hydrogen) atoms. The van der Waals surface area contributed by atoms with Crippen molar-refractivity contribution in [2.24, 2.45) is 34.5 Å². The van der Waals surface area contributed by atoms with Crippen LogP contribution < -0.4 is 0 Å². The van der Waals surface area contributed by atoms with Crippen LogP contribution in [0.25, 0.3) is 0 Å². The first-order valence-electron chi connectivity index (χ1n) is 9.86. The van der Waals surface area contributed by atoms with Crippen LogP contribution in [0.2, 0.25) is 0 Å². The number of aliphatic hydroxyl groups is 1. The van der Waals surface area contributed by atoms with Gasteiger partial charge in [-0.15, -0.1) is 0 Å². The molecule has 0 amide bonds. The van der Waals surface area contributed by atoms with Crippen molar-refractivity contribution in [3.8, 4) is 0 Å². The van der Waals surface area contributed by atoms with E-state index in [1.165, 1.54) is 44.9 Å². The second-order valence-electron chi connectivity index (χ2n) is 9.38. The van der Waals surface area contributed by atoms with E-state index in [0.717, 1.165) is 36.5 Å². The summed E-state index contributed by atoms with van der Waals surface area (Å²) in [6.45, 7) is 7.57. The van der Waals surface area contributed by atoms with Gasteiger partial charge in [-0.25, -0.2) is 0 Å². The Bertz CT molecular complexity index is 480. The van der Waals surface area contributed by atoms with E-state index < -0.39 is 0 Å². The Morgan fingerprint density at radius 1 is 1.09 bits per heavy atom. The Kier molecular flexibility index (Phi) is 3.53. The summed E-state index contributed by atoms with van der Waals surface area (Å²) in [5.41, 5.74) is 2.65. The molecule has 4 unspecified atom stereocenters. The number of fused-ring (bicyclic) bond motifs is 5. The molecule has 0 aromatic rings. The lowest BCUT2D eigenvalue weighted by atomic mass is 9.47. The molecule has 0 heterocycles. The average Bonchev–Trinajstić information content (AvgIpc) is 2.84. The van der Waals surface area contributed by atoms with Crippen molar-refractivity contribution < 1.29 is 5.11 Å². The highest BCUT2D eigenvalue weighted by Crippen LogP contribution is 2.66. The third kappa shape index (κ3) is 1.93. The molecule has 1 nitrogen and oxygen atoms in total. The van der Waals surface area contributed by atoms with Gasteiger partial charge < -0.3 is 5.11 Å². The maximum Gasteiger partial charge on any atom is 0.0577 e. The first kappa shape index (κ1) is 15.2. The lowest BCUT2D eigenvalue weighted by molar-refractivity contribution is -0.0500. The topological polar surface area (TPSA) is 20.2 Å². The highest BCUT2D eigenvalue weighted by molar-refractivity contribution is 5.25. The molecule has 4 aliphatic carbocycles. The standard InChI is InChI=1S/C21H34O/c1-4-14-6-8-18-17-7-5-15-13-16(22)9-11-21(15,3)19(17)10-12-20(14,18)2/h5,14,16-19,22H,4,6-13H2,1-3H3/t14-,16-,17?,18?,19?,20+,21?/m0/s1. The van der Waals surface area contributed by atoms with Crippen LogP contribution >= 0.6 is 0 Å². The van der Waals surface area contributed by atoms with Crippen molar-refractivity contribution in [2.45, 2.75) is 84.7 Å². The predicted molar refractivity (Wildman–Crippen MR) is 91.5 cm³/mol. The summed E-state index contributed by atoms with van der Waals surface area (Å²) in [5.74, 6) is 3.77. The summed E-state index contributed by atoms with van der Waals surface area (Å²) in [6, 6.07) is 0. The summed E-state index contributed by atoms with van der Waals surface area (Å²) >= 11 is 0. The Morgan fingerprint density at radius 2 is 1.91 bits per heavy atom. The minimum atomic E-state index is -0.0688. The second kappa shape index (κ2) is 5.10. The fourth-order valence-corrected chi connectivity index (χ4v) is 7.42. The van der Waals surface area contributed by atoms with Gasteiger partial charge in [-0.2, -0.15) is 0 Å². The molecule has 3 fully saturated rings. The van der Waals surface area contributed by atoms with Crippen LogP contribution in [0.4, 0.5) is 0 Å². The highest BCUT2D eigenvalue weighted by atomic mass is 16.3. The smallest absolute Gasteiger partial charge is 0.0577 e. The van der Waals surface area contributed by atoms with E-state index in [1.54, 1.807) is 5.57 Å². The third-order valence-electron chi connectivity index (χ3n) is 8.77.